The maximum atomic E-state index is 9.21. The van der Waals surface area contributed by atoms with E-state index in [1.165, 1.54) is 13.1 Å². The van der Waals surface area contributed by atoms with E-state index in [2.05, 4.69) is 12.0 Å². The van der Waals surface area contributed by atoms with E-state index in [1.807, 2.05) is 12.1 Å². The Labute approximate surface area is 163 Å². The van der Waals surface area contributed by atoms with E-state index in [0.29, 0.717) is 16.1 Å². The molecule has 1 fully saturated rings. The summed E-state index contributed by atoms with van der Waals surface area (Å²) in [5.74, 6) is 0.00131. The van der Waals surface area contributed by atoms with Gasteiger partial charge in [-0.05, 0) is 6.07 Å². The third-order valence-corrected chi connectivity index (χ3v) is 4.53. The summed E-state index contributed by atoms with van der Waals surface area (Å²) in [6.45, 7) is 4.26. The molecule has 1 aliphatic heterocycles. The van der Waals surface area contributed by atoms with E-state index < -0.39 is 0 Å². The third kappa shape index (κ3) is 4.60. The van der Waals surface area contributed by atoms with Crippen LogP contribution in [0.25, 0.3) is 11.1 Å². The topological polar surface area (TPSA) is 100 Å². The van der Waals surface area contributed by atoms with Gasteiger partial charge in [-0.25, -0.2) is 0 Å². The largest absolute Gasteiger partial charge is 0.759 e. The maximum absolute atomic E-state index is 9.21. The summed E-state index contributed by atoms with van der Waals surface area (Å²) in [6, 6.07) is 10.8. The van der Waals surface area contributed by atoms with Crippen LogP contribution in [-0.4, -0.2) is 38.3 Å². The molecule has 1 saturated heterocycles. The number of benzene rings is 1. The second kappa shape index (κ2) is 9.33. The van der Waals surface area contributed by atoms with Crippen molar-refractivity contribution in [3.8, 4) is 23.3 Å². The second-order valence-corrected chi connectivity index (χ2v) is 6.49. The van der Waals surface area contributed by atoms with E-state index in [1.54, 1.807) is 29.2 Å². The van der Waals surface area contributed by atoms with Gasteiger partial charge in [0.2, 0.25) is 0 Å². The molecule has 26 heavy (non-hydrogen) atoms. The monoisotopic (exact) mass is 387 g/mol. The van der Waals surface area contributed by atoms with Crippen LogP contribution in [0.2, 0.25) is 5.02 Å². The van der Waals surface area contributed by atoms with Gasteiger partial charge in [0.1, 0.15) is 30.5 Å². The van der Waals surface area contributed by atoms with E-state index >= 15 is 0 Å². The highest BCUT2D eigenvalue weighted by atomic mass is 35.5. The number of pyridine rings is 1. The van der Waals surface area contributed by atoms with Crippen LogP contribution in [0, 0.1) is 22.7 Å². The highest BCUT2D eigenvalue weighted by molar-refractivity contribution is 7.58. The standard InChI is InChI=1S/C13H7ClN4S.C5H11NO/c14-10-4-2-1-3-7(10)11-8(5-15)12(17)18-13(19)9(11)6-16;1-6-2-4-7-5-3-6/h1-4H,(H3,17,18,19);2-5H2,1H3. The predicted octanol–water partition coefficient (Wildman–Crippen LogP) is 1.16. The zero-order valence-corrected chi connectivity index (χ0v) is 15.8. The number of nitrogens with zero attached hydrogens (tertiary/aromatic N) is 3. The molecule has 0 atom stereocenters. The number of nitriles is 2. The molecule has 8 heteroatoms. The fourth-order valence-corrected chi connectivity index (χ4v) is 2.93. The molecule has 2 aromatic rings. The molecular weight excluding hydrogens is 370 g/mol. The zero-order valence-electron chi connectivity index (χ0n) is 14.3. The van der Waals surface area contributed by atoms with Gasteiger partial charge in [0.15, 0.2) is 0 Å². The van der Waals surface area contributed by atoms with Crippen molar-refractivity contribution in [2.45, 2.75) is 5.03 Å². The molecule has 0 spiro atoms. The van der Waals surface area contributed by atoms with E-state index in [9.17, 15) is 10.5 Å². The summed E-state index contributed by atoms with van der Waals surface area (Å²) in [6.07, 6.45) is 0. The summed E-state index contributed by atoms with van der Waals surface area (Å²) in [5, 5.41) is 18.9. The molecule has 0 bridgehead atoms. The van der Waals surface area contributed by atoms with Crippen LogP contribution in [0.5, 0.6) is 0 Å². The van der Waals surface area contributed by atoms with Crippen molar-refractivity contribution in [1.29, 1.82) is 10.5 Å². The van der Waals surface area contributed by atoms with Crippen LogP contribution in [0.15, 0.2) is 29.3 Å². The molecule has 3 rings (SSSR count). The fraction of sp³-hybridized carbons (Fsp3) is 0.278. The molecule has 6 nitrogen and oxygen atoms in total. The average molecular weight is 388 g/mol. The smallest absolute Gasteiger partial charge is 0.140 e. The van der Waals surface area contributed by atoms with E-state index in [-0.39, 0.29) is 22.0 Å². The number of anilines is 1. The molecule has 134 valence electrons. The highest BCUT2D eigenvalue weighted by Gasteiger charge is 2.17. The number of rotatable bonds is 1. The average Bonchev–Trinajstić information content (AvgIpc) is 2.63. The minimum Gasteiger partial charge on any atom is -0.759 e. The lowest BCUT2D eigenvalue weighted by molar-refractivity contribution is -0.888. The Hall–Kier alpha value is -2.42. The quantitative estimate of drug-likeness (QED) is 0.712. The van der Waals surface area contributed by atoms with Gasteiger partial charge in [-0.15, -0.1) is 0 Å². The van der Waals surface area contributed by atoms with Gasteiger partial charge in [-0.3, -0.25) is 4.98 Å². The number of nitrogen functional groups attached to an aromatic ring is 1. The van der Waals surface area contributed by atoms with Crippen molar-refractivity contribution < 1.29 is 9.64 Å². The lowest BCUT2D eigenvalue weighted by Crippen LogP contribution is -3.11. The number of nitrogens with two attached hydrogens (primary N) is 1. The van der Waals surface area contributed by atoms with E-state index in [0.717, 1.165) is 13.2 Å². The van der Waals surface area contributed by atoms with Gasteiger partial charge in [-0.1, -0.05) is 34.8 Å². The van der Waals surface area contributed by atoms with Crippen molar-refractivity contribution in [3.05, 3.63) is 40.4 Å². The summed E-state index contributed by atoms with van der Waals surface area (Å²) < 4.78 is 5.12. The Kier molecular flexibility index (Phi) is 7.14. The first kappa shape index (κ1) is 19.9. The van der Waals surface area contributed by atoms with Crippen LogP contribution >= 0.6 is 11.6 Å². The van der Waals surface area contributed by atoms with Crippen molar-refractivity contribution in [2.24, 2.45) is 0 Å². The number of hydrogen-bond acceptors (Lipinski definition) is 6. The first-order valence-electron chi connectivity index (χ1n) is 7.94. The molecular formula is C18H18ClN5OS. The molecule has 0 aliphatic carbocycles. The Morgan fingerprint density at radius 3 is 2.31 bits per heavy atom. The number of aromatic nitrogens is 1. The number of likely N-dealkylation sites (N-methyl/N-ethyl adjacent to an activating group) is 1. The Bertz CT molecular complexity index is 831. The molecule has 2 heterocycles. The lowest BCUT2D eigenvalue weighted by Gasteiger charge is -2.18. The predicted molar refractivity (Wildman–Crippen MR) is 102 cm³/mol. The number of nitrogens with one attached hydrogen (secondary N) is 1. The van der Waals surface area contributed by atoms with Gasteiger partial charge < -0.3 is 28.0 Å². The number of halogens is 1. The molecule has 0 unspecified atom stereocenters. The SMILES string of the molecule is C[NH+]1CCOCC1.N#Cc1c(N)nc([S-])c(C#N)c1-c1ccccc1Cl. The second-order valence-electron chi connectivity index (χ2n) is 5.70. The van der Waals surface area contributed by atoms with Gasteiger partial charge in [0, 0.05) is 16.1 Å². The van der Waals surface area contributed by atoms with Crippen LogP contribution in [0.1, 0.15) is 11.1 Å². The summed E-state index contributed by atoms with van der Waals surface area (Å²) in [5.41, 5.74) is 6.81. The molecule has 1 aromatic carbocycles. The summed E-state index contributed by atoms with van der Waals surface area (Å²) in [7, 11) is 2.20. The van der Waals surface area contributed by atoms with E-state index in [4.69, 9.17) is 34.7 Å². The van der Waals surface area contributed by atoms with Crippen LogP contribution < -0.4 is 10.6 Å². The normalized spacial score (nSPS) is 13.8. The minimum atomic E-state index is 0.00131. The summed E-state index contributed by atoms with van der Waals surface area (Å²) in [4.78, 5) is 5.42. The van der Waals surface area contributed by atoms with Crippen molar-refractivity contribution in [2.75, 3.05) is 39.1 Å². The first-order chi connectivity index (χ1) is 12.5. The van der Waals surface area contributed by atoms with Gasteiger partial charge in [0.25, 0.3) is 0 Å². The van der Waals surface area contributed by atoms with Crippen LogP contribution in [0.3, 0.4) is 0 Å². The van der Waals surface area contributed by atoms with Gasteiger partial charge >= 0.3 is 0 Å². The lowest BCUT2D eigenvalue weighted by atomic mass is 9.97. The Morgan fingerprint density at radius 2 is 1.81 bits per heavy atom. The molecule has 0 amide bonds. The molecule has 0 saturated carbocycles. The number of hydrogen-bond donors (Lipinski definition) is 2. The van der Waals surface area contributed by atoms with Crippen molar-refractivity contribution >= 4 is 30.0 Å². The van der Waals surface area contributed by atoms with Crippen molar-refractivity contribution in [3.63, 3.8) is 0 Å². The van der Waals surface area contributed by atoms with Gasteiger partial charge in [-0.2, -0.15) is 10.5 Å². The molecule has 0 radical (unpaired) electrons. The number of morpholine rings is 1. The van der Waals surface area contributed by atoms with Crippen LogP contribution in [-0.2, 0) is 17.4 Å². The Balaban J connectivity index is 0.000000290. The number of ether oxygens (including phenoxy) is 1. The maximum Gasteiger partial charge on any atom is 0.140 e. The fourth-order valence-electron chi connectivity index (χ4n) is 2.45. The molecule has 1 aliphatic rings. The summed E-state index contributed by atoms with van der Waals surface area (Å²) >= 11 is 11.1. The first-order valence-corrected chi connectivity index (χ1v) is 8.72. The third-order valence-electron chi connectivity index (χ3n) is 3.91. The Morgan fingerprint density at radius 1 is 1.19 bits per heavy atom. The van der Waals surface area contributed by atoms with Crippen molar-refractivity contribution in [1.82, 2.24) is 4.98 Å². The van der Waals surface area contributed by atoms with Gasteiger partial charge in [0.05, 0.1) is 31.9 Å². The minimum absolute atomic E-state index is 0.00131. The zero-order chi connectivity index (χ0) is 19.1. The highest BCUT2D eigenvalue weighted by Crippen LogP contribution is 2.35. The molecule has 1 aromatic heterocycles. The number of quaternary nitrogens is 1. The van der Waals surface area contributed by atoms with Crippen LogP contribution in [0.4, 0.5) is 5.82 Å². The molecule has 3 N–H and O–H groups in total.